The molecule has 3 N–H and O–H groups in total. The van der Waals surface area contributed by atoms with Crippen molar-refractivity contribution >= 4 is 27.6 Å². The molecule has 0 aromatic carbocycles. The van der Waals surface area contributed by atoms with Crippen molar-refractivity contribution in [3.05, 3.63) is 18.3 Å². The highest BCUT2D eigenvalue weighted by molar-refractivity contribution is 8.01. The first kappa shape index (κ1) is 13.6. The lowest BCUT2D eigenvalue weighted by Crippen LogP contribution is -2.36. The number of aromatic nitrogens is 1. The van der Waals surface area contributed by atoms with Crippen LogP contribution in [0.4, 0.5) is 5.82 Å². The van der Waals surface area contributed by atoms with Crippen LogP contribution in [0.15, 0.2) is 23.2 Å². The van der Waals surface area contributed by atoms with Crippen molar-refractivity contribution in [2.75, 3.05) is 18.0 Å². The van der Waals surface area contributed by atoms with Gasteiger partial charge in [-0.1, -0.05) is 0 Å². The first-order chi connectivity index (χ1) is 8.41. The summed E-state index contributed by atoms with van der Waals surface area (Å²) in [7, 11) is -3.48. The lowest BCUT2D eigenvalue weighted by molar-refractivity contribution is 0.552. The molecule has 0 amide bonds. The minimum Gasteiger partial charge on any atom is -0.384 e. The van der Waals surface area contributed by atoms with Crippen LogP contribution < -0.4 is 10.5 Å². The van der Waals surface area contributed by atoms with Gasteiger partial charge in [0.05, 0.1) is 0 Å². The number of hydrogen-bond donors (Lipinski definition) is 2. The van der Waals surface area contributed by atoms with Crippen molar-refractivity contribution in [3.8, 4) is 0 Å². The molecular weight excluding hydrogens is 270 g/mol. The number of pyridine rings is 1. The summed E-state index contributed by atoms with van der Waals surface area (Å²) in [6.45, 7) is 2.54. The molecule has 0 aliphatic carbocycles. The van der Waals surface area contributed by atoms with E-state index in [4.69, 9.17) is 5.73 Å². The highest BCUT2D eigenvalue weighted by Crippen LogP contribution is 2.37. The zero-order valence-corrected chi connectivity index (χ0v) is 11.9. The van der Waals surface area contributed by atoms with Crippen molar-refractivity contribution in [1.29, 1.82) is 0 Å². The predicted molar refractivity (Wildman–Crippen MR) is 73.9 cm³/mol. The number of thioether (sulfide) groups is 1. The highest BCUT2D eigenvalue weighted by Gasteiger charge is 2.31. The summed E-state index contributed by atoms with van der Waals surface area (Å²) < 4.78 is 26.7. The monoisotopic (exact) mass is 287 g/mol. The molecule has 1 aliphatic heterocycles. The summed E-state index contributed by atoms with van der Waals surface area (Å²) in [6.07, 6.45) is 3.47. The molecule has 0 radical (unpaired) electrons. The Morgan fingerprint density at radius 3 is 2.89 bits per heavy atom. The first-order valence-electron chi connectivity index (χ1n) is 5.76. The van der Waals surface area contributed by atoms with Crippen LogP contribution in [0.3, 0.4) is 0 Å². The van der Waals surface area contributed by atoms with Crippen LogP contribution in [-0.4, -0.2) is 30.4 Å². The van der Waals surface area contributed by atoms with E-state index in [0.717, 1.165) is 18.6 Å². The SMILES string of the molecule is CC1(CNS(=O)(=O)c2ccc(N)nc2)CCCS1. The largest absolute Gasteiger partial charge is 0.384 e. The van der Waals surface area contributed by atoms with Gasteiger partial charge in [-0.25, -0.2) is 18.1 Å². The Balaban J connectivity index is 2.05. The third-order valence-corrected chi connectivity index (χ3v) is 5.93. The van der Waals surface area contributed by atoms with Crippen LogP contribution in [0, 0.1) is 0 Å². The quantitative estimate of drug-likeness (QED) is 0.870. The molecule has 1 aliphatic rings. The summed E-state index contributed by atoms with van der Waals surface area (Å²) >= 11 is 1.82. The zero-order valence-electron chi connectivity index (χ0n) is 10.2. The summed E-state index contributed by atoms with van der Waals surface area (Å²) in [6, 6.07) is 2.95. The number of hydrogen-bond acceptors (Lipinski definition) is 5. The topological polar surface area (TPSA) is 85.1 Å². The van der Waals surface area contributed by atoms with Gasteiger partial charge in [0.25, 0.3) is 0 Å². The van der Waals surface area contributed by atoms with Crippen LogP contribution >= 0.6 is 11.8 Å². The average molecular weight is 287 g/mol. The number of nitrogens with two attached hydrogens (primary N) is 1. The minimum atomic E-state index is -3.48. The normalized spacial score (nSPS) is 24.3. The molecule has 0 spiro atoms. The van der Waals surface area contributed by atoms with Gasteiger partial charge >= 0.3 is 0 Å². The van der Waals surface area contributed by atoms with Gasteiger partial charge in [0.1, 0.15) is 10.7 Å². The molecule has 1 aromatic heterocycles. The Bertz CT molecular complexity index is 508. The van der Waals surface area contributed by atoms with Crippen molar-refractivity contribution in [2.24, 2.45) is 0 Å². The van der Waals surface area contributed by atoms with Gasteiger partial charge in [0, 0.05) is 17.5 Å². The summed E-state index contributed by atoms with van der Waals surface area (Å²) in [5.41, 5.74) is 5.43. The zero-order chi connectivity index (χ0) is 13.2. The van der Waals surface area contributed by atoms with E-state index in [9.17, 15) is 8.42 Å². The van der Waals surface area contributed by atoms with E-state index in [2.05, 4.69) is 16.6 Å². The minimum absolute atomic E-state index is 0.00824. The maximum absolute atomic E-state index is 12.0. The molecule has 1 unspecified atom stereocenters. The number of rotatable bonds is 4. The van der Waals surface area contributed by atoms with E-state index in [1.54, 1.807) is 0 Å². The molecule has 1 atom stereocenters. The standard InChI is InChI=1S/C11H17N3O2S2/c1-11(5-2-6-17-11)8-14-18(15,16)9-3-4-10(12)13-7-9/h3-4,7,14H,2,5-6,8H2,1H3,(H2,12,13). The Kier molecular flexibility index (Phi) is 3.84. The fourth-order valence-electron chi connectivity index (χ4n) is 1.86. The maximum atomic E-state index is 12.0. The molecule has 2 rings (SSSR count). The van der Waals surface area contributed by atoms with Crippen molar-refractivity contribution < 1.29 is 8.42 Å². The number of sulfonamides is 1. The van der Waals surface area contributed by atoms with Crippen LogP contribution in [0.2, 0.25) is 0 Å². The second-order valence-electron chi connectivity index (χ2n) is 4.65. The second-order valence-corrected chi connectivity index (χ2v) is 8.09. The predicted octanol–water partition coefficient (Wildman–Crippen LogP) is 1.23. The maximum Gasteiger partial charge on any atom is 0.242 e. The van der Waals surface area contributed by atoms with Crippen molar-refractivity contribution in [3.63, 3.8) is 0 Å². The van der Waals surface area contributed by atoms with Crippen molar-refractivity contribution in [1.82, 2.24) is 9.71 Å². The van der Waals surface area contributed by atoms with Gasteiger partial charge in [-0.2, -0.15) is 11.8 Å². The van der Waals surface area contributed by atoms with Gasteiger partial charge in [0.15, 0.2) is 0 Å². The van der Waals surface area contributed by atoms with E-state index in [1.165, 1.54) is 18.3 Å². The smallest absolute Gasteiger partial charge is 0.242 e. The number of nitrogen functional groups attached to an aromatic ring is 1. The lowest BCUT2D eigenvalue weighted by atomic mass is 10.1. The van der Waals surface area contributed by atoms with Gasteiger partial charge in [0.2, 0.25) is 10.0 Å². The van der Waals surface area contributed by atoms with Gasteiger partial charge < -0.3 is 5.73 Å². The Morgan fingerprint density at radius 1 is 1.56 bits per heavy atom. The van der Waals surface area contributed by atoms with E-state index in [1.807, 2.05) is 11.8 Å². The van der Waals surface area contributed by atoms with E-state index < -0.39 is 10.0 Å². The summed E-state index contributed by atoms with van der Waals surface area (Å²) in [5, 5.41) is 0. The van der Waals surface area contributed by atoms with Crippen LogP contribution in [-0.2, 0) is 10.0 Å². The lowest BCUT2D eigenvalue weighted by Gasteiger charge is -2.22. The van der Waals surface area contributed by atoms with Crippen LogP contribution in [0.5, 0.6) is 0 Å². The molecule has 1 saturated heterocycles. The molecular formula is C11H17N3O2S2. The molecule has 2 heterocycles. The third kappa shape index (κ3) is 3.15. The molecule has 0 bridgehead atoms. The van der Waals surface area contributed by atoms with Crippen LogP contribution in [0.1, 0.15) is 19.8 Å². The first-order valence-corrected chi connectivity index (χ1v) is 8.23. The fourth-order valence-corrected chi connectivity index (χ4v) is 4.31. The number of nitrogens with zero attached hydrogens (tertiary/aromatic N) is 1. The number of nitrogens with one attached hydrogen (secondary N) is 1. The molecule has 100 valence electrons. The molecule has 5 nitrogen and oxygen atoms in total. The summed E-state index contributed by atoms with van der Waals surface area (Å²) in [5.74, 6) is 1.41. The Labute approximate surface area is 112 Å². The third-order valence-electron chi connectivity index (χ3n) is 3.01. The molecule has 0 saturated carbocycles. The molecule has 7 heteroatoms. The second kappa shape index (κ2) is 5.07. The van der Waals surface area contributed by atoms with Gasteiger partial charge in [-0.15, -0.1) is 0 Å². The Morgan fingerprint density at radius 2 is 2.33 bits per heavy atom. The average Bonchev–Trinajstić information content (AvgIpc) is 2.75. The van der Waals surface area contributed by atoms with Crippen LogP contribution in [0.25, 0.3) is 0 Å². The highest BCUT2D eigenvalue weighted by atomic mass is 32.2. The van der Waals surface area contributed by atoms with E-state index >= 15 is 0 Å². The van der Waals surface area contributed by atoms with E-state index in [0.29, 0.717) is 12.4 Å². The van der Waals surface area contributed by atoms with E-state index in [-0.39, 0.29) is 9.64 Å². The fraction of sp³-hybridized carbons (Fsp3) is 0.545. The van der Waals surface area contributed by atoms with Crippen molar-refractivity contribution in [2.45, 2.75) is 29.4 Å². The Hall–Kier alpha value is -0.790. The molecule has 1 fully saturated rings. The molecule has 18 heavy (non-hydrogen) atoms. The number of anilines is 1. The van der Waals surface area contributed by atoms with Gasteiger partial charge in [-0.05, 0) is 37.7 Å². The molecule has 1 aromatic rings. The summed E-state index contributed by atoms with van der Waals surface area (Å²) in [4.78, 5) is 3.95. The van der Waals surface area contributed by atoms with Gasteiger partial charge in [-0.3, -0.25) is 0 Å².